The molecule has 29 heavy (non-hydrogen) atoms. The monoisotopic (exact) mass is 433 g/mol. The van der Waals surface area contributed by atoms with Crippen LogP contribution in [0.5, 0.6) is 5.75 Å². The number of aromatic carboxylic acids is 1. The summed E-state index contributed by atoms with van der Waals surface area (Å²) in [6.07, 6.45) is -0.594. The molecule has 0 spiro atoms. The maximum Gasteiger partial charge on any atom is 0.358 e. The highest BCUT2D eigenvalue weighted by Gasteiger charge is 2.22. The number of hydrogen-bond acceptors (Lipinski definition) is 6. The molecule has 8 heteroatoms. The molecule has 0 radical (unpaired) electrons. The summed E-state index contributed by atoms with van der Waals surface area (Å²) in [7, 11) is 0. The summed E-state index contributed by atoms with van der Waals surface area (Å²) in [5.74, 6) is -0.393. The number of carbonyl (C=O) groups is 1. The Labute approximate surface area is 176 Å². The maximum atomic E-state index is 12.9. The number of benzene rings is 1. The van der Waals surface area contributed by atoms with Gasteiger partial charge in [0.15, 0.2) is 22.0 Å². The van der Waals surface area contributed by atoms with E-state index in [2.05, 4.69) is 4.98 Å². The highest BCUT2D eigenvalue weighted by atomic mass is 35.5. The molecule has 0 saturated heterocycles. The first kappa shape index (κ1) is 21.2. The number of thioether (sulfide) groups is 1. The first-order chi connectivity index (χ1) is 13.7. The summed E-state index contributed by atoms with van der Waals surface area (Å²) in [5.41, 5.74) is 2.18. The van der Waals surface area contributed by atoms with E-state index in [1.165, 1.54) is 23.9 Å². The number of aryl methyl sites for hydroxylation is 1. The second-order valence-corrected chi connectivity index (χ2v) is 8.18. The number of carboxylic acid groups (broad SMARTS) is 1. The van der Waals surface area contributed by atoms with Crippen molar-refractivity contribution < 1.29 is 19.1 Å². The summed E-state index contributed by atoms with van der Waals surface area (Å²) < 4.78 is 12.0. The van der Waals surface area contributed by atoms with E-state index in [0.29, 0.717) is 27.2 Å². The Morgan fingerprint density at radius 1 is 1.34 bits per heavy atom. The topological polar surface area (TPSA) is 89.6 Å². The van der Waals surface area contributed by atoms with E-state index < -0.39 is 12.1 Å². The van der Waals surface area contributed by atoms with Gasteiger partial charge in [-0.3, -0.25) is 4.79 Å². The Morgan fingerprint density at radius 2 is 2.07 bits per heavy atom. The maximum absolute atomic E-state index is 12.9. The average Bonchev–Trinajstić information content (AvgIpc) is 2.67. The molecular weight excluding hydrogens is 414 g/mol. The second kappa shape index (κ2) is 8.47. The summed E-state index contributed by atoms with van der Waals surface area (Å²) in [5, 5.41) is 10.5. The highest BCUT2D eigenvalue weighted by Crippen LogP contribution is 2.33. The van der Waals surface area contributed by atoms with E-state index in [1.54, 1.807) is 19.9 Å². The van der Waals surface area contributed by atoms with E-state index in [-0.39, 0.29) is 22.0 Å². The fourth-order valence-corrected chi connectivity index (χ4v) is 3.90. The predicted molar refractivity (Wildman–Crippen MR) is 114 cm³/mol. The van der Waals surface area contributed by atoms with Crippen molar-refractivity contribution in [1.82, 2.24) is 4.98 Å². The van der Waals surface area contributed by atoms with Crippen molar-refractivity contribution in [3.05, 3.63) is 62.0 Å². The van der Waals surface area contributed by atoms with Crippen molar-refractivity contribution in [2.75, 3.05) is 5.75 Å². The molecule has 2 aromatic heterocycles. The number of pyridine rings is 1. The Morgan fingerprint density at radius 3 is 2.72 bits per heavy atom. The molecule has 0 bridgehead atoms. The van der Waals surface area contributed by atoms with Gasteiger partial charge < -0.3 is 14.3 Å². The molecule has 0 aliphatic rings. The predicted octanol–water partition coefficient (Wildman–Crippen LogP) is 5.41. The van der Waals surface area contributed by atoms with Crippen LogP contribution in [0.2, 0.25) is 5.15 Å². The molecule has 0 saturated carbocycles. The Balaban J connectivity index is 2.14. The van der Waals surface area contributed by atoms with Gasteiger partial charge in [-0.2, -0.15) is 0 Å². The molecule has 0 fully saturated rings. The van der Waals surface area contributed by atoms with Crippen LogP contribution in [0.4, 0.5) is 0 Å². The Hall–Kier alpha value is -2.51. The van der Waals surface area contributed by atoms with Crippen molar-refractivity contribution in [3.8, 4) is 5.75 Å². The smallest absolute Gasteiger partial charge is 0.358 e. The van der Waals surface area contributed by atoms with Crippen molar-refractivity contribution >= 4 is 40.3 Å². The van der Waals surface area contributed by atoms with Gasteiger partial charge in [-0.25, -0.2) is 9.78 Å². The molecular formula is C21H20ClNO5S. The Bertz CT molecular complexity index is 1160. The van der Waals surface area contributed by atoms with E-state index >= 15 is 0 Å². The quantitative estimate of drug-likeness (QED) is 0.410. The van der Waals surface area contributed by atoms with E-state index in [4.69, 9.17) is 20.8 Å². The fourth-order valence-electron chi connectivity index (χ4n) is 3.04. The summed E-state index contributed by atoms with van der Waals surface area (Å²) in [4.78, 5) is 28.2. The third-order valence-electron chi connectivity index (χ3n) is 4.39. The first-order valence-corrected chi connectivity index (χ1v) is 10.4. The van der Waals surface area contributed by atoms with Crippen LogP contribution >= 0.6 is 23.4 Å². The number of nitrogens with zero attached hydrogens (tertiary/aromatic N) is 1. The lowest BCUT2D eigenvalue weighted by Crippen LogP contribution is -2.12. The normalized spacial score (nSPS) is 12.2. The summed E-state index contributed by atoms with van der Waals surface area (Å²) in [6.45, 7) is 7.38. The molecule has 1 atom stereocenters. The number of rotatable bonds is 6. The molecule has 2 heterocycles. The number of ether oxygens (including phenoxy) is 1. The zero-order chi connectivity index (χ0) is 21.3. The molecule has 0 aliphatic carbocycles. The largest absolute Gasteiger partial charge is 0.483 e. The van der Waals surface area contributed by atoms with Gasteiger partial charge in [-0.05, 0) is 56.4 Å². The highest BCUT2D eigenvalue weighted by molar-refractivity contribution is 7.99. The van der Waals surface area contributed by atoms with Gasteiger partial charge in [0.1, 0.15) is 16.8 Å². The van der Waals surface area contributed by atoms with Gasteiger partial charge in [-0.1, -0.05) is 30.3 Å². The van der Waals surface area contributed by atoms with Crippen LogP contribution in [-0.2, 0) is 0 Å². The van der Waals surface area contributed by atoms with Gasteiger partial charge in [0, 0.05) is 11.1 Å². The molecule has 0 amide bonds. The molecule has 3 aromatic rings. The average molecular weight is 434 g/mol. The minimum Gasteiger partial charge on any atom is -0.483 e. The van der Waals surface area contributed by atoms with Gasteiger partial charge in [-0.15, -0.1) is 0 Å². The van der Waals surface area contributed by atoms with Gasteiger partial charge in [0.05, 0.1) is 5.39 Å². The number of carboxylic acids is 1. The third kappa shape index (κ3) is 4.26. The van der Waals surface area contributed by atoms with Crippen molar-refractivity contribution in [2.45, 2.75) is 38.9 Å². The van der Waals surface area contributed by atoms with Gasteiger partial charge in [0.2, 0.25) is 0 Å². The number of halogens is 1. The lowest BCUT2D eigenvalue weighted by atomic mass is 10.0. The van der Waals surface area contributed by atoms with Crippen LogP contribution in [0.25, 0.3) is 11.0 Å². The third-order valence-corrected chi connectivity index (χ3v) is 5.54. The molecule has 0 aliphatic heterocycles. The van der Waals surface area contributed by atoms with Crippen LogP contribution in [0, 0.1) is 13.8 Å². The van der Waals surface area contributed by atoms with E-state index in [0.717, 1.165) is 11.3 Å². The van der Waals surface area contributed by atoms with Crippen LogP contribution in [0.3, 0.4) is 0 Å². The zero-order valence-electron chi connectivity index (χ0n) is 16.4. The van der Waals surface area contributed by atoms with Crippen LogP contribution in [0.15, 0.2) is 38.6 Å². The molecule has 0 unspecified atom stereocenters. The lowest BCUT2D eigenvalue weighted by Gasteiger charge is -2.18. The van der Waals surface area contributed by atoms with Gasteiger partial charge in [0.25, 0.3) is 0 Å². The van der Waals surface area contributed by atoms with Crippen LogP contribution in [0.1, 0.15) is 47.1 Å². The standard InChI is InChI=1S/C21H20ClNO5S/c1-5-29-21-11(3)18(24)14-9-10(2)8-13(19(14)28-21)12(4)27-15-6-7-16(22)23-17(15)20(25)26/h6-9,12H,5H2,1-4H3,(H,25,26)/t12-/m1/s1. The summed E-state index contributed by atoms with van der Waals surface area (Å²) >= 11 is 7.27. The minimum atomic E-state index is -1.24. The van der Waals surface area contributed by atoms with Crippen LogP contribution in [-0.4, -0.2) is 21.8 Å². The number of hydrogen-bond donors (Lipinski definition) is 1. The zero-order valence-corrected chi connectivity index (χ0v) is 18.0. The van der Waals surface area contributed by atoms with Crippen molar-refractivity contribution in [3.63, 3.8) is 0 Å². The summed E-state index contributed by atoms with van der Waals surface area (Å²) in [6, 6.07) is 6.59. The van der Waals surface area contributed by atoms with Gasteiger partial charge >= 0.3 is 5.97 Å². The first-order valence-electron chi connectivity index (χ1n) is 9.00. The van der Waals surface area contributed by atoms with Crippen LogP contribution < -0.4 is 10.2 Å². The van der Waals surface area contributed by atoms with Crippen molar-refractivity contribution in [1.29, 1.82) is 0 Å². The SMILES string of the molecule is CCSc1oc2c([C@@H](C)Oc3ccc(Cl)nc3C(=O)O)cc(C)cc2c(=O)c1C. The lowest BCUT2D eigenvalue weighted by molar-refractivity contribution is 0.0682. The molecule has 6 nitrogen and oxygen atoms in total. The Kier molecular flexibility index (Phi) is 6.19. The molecule has 1 N–H and O–H groups in total. The number of aromatic nitrogens is 1. The van der Waals surface area contributed by atoms with Crippen molar-refractivity contribution in [2.24, 2.45) is 0 Å². The molecule has 1 aromatic carbocycles. The fraction of sp³-hybridized carbons (Fsp3) is 0.286. The minimum absolute atomic E-state index is 0.0612. The van der Waals surface area contributed by atoms with E-state index in [9.17, 15) is 14.7 Å². The number of fused-ring (bicyclic) bond motifs is 1. The second-order valence-electron chi connectivity index (χ2n) is 6.55. The molecule has 3 rings (SSSR count). The van der Waals surface area contributed by atoms with E-state index in [1.807, 2.05) is 19.9 Å². The molecule has 152 valence electrons.